The van der Waals surface area contributed by atoms with Crippen molar-refractivity contribution in [3.8, 4) is 0 Å². The van der Waals surface area contributed by atoms with Crippen molar-refractivity contribution in [3.63, 3.8) is 0 Å². The lowest BCUT2D eigenvalue weighted by molar-refractivity contribution is 0.629. The van der Waals surface area contributed by atoms with Crippen molar-refractivity contribution in [3.05, 3.63) is 27.3 Å². The normalized spacial score (nSPS) is 11.0. The number of nitrogen functional groups attached to an aromatic ring is 1. The predicted molar refractivity (Wildman–Crippen MR) is 57.0 cm³/mol. The molecule has 2 N–H and O–H groups in total. The number of aryl methyl sites for hydroxylation is 1. The number of imidazole rings is 1. The molecule has 2 heterocycles. The topological polar surface area (TPSA) is 43.3 Å². The van der Waals surface area contributed by atoms with E-state index < -0.39 is 0 Å². The van der Waals surface area contributed by atoms with Crippen LogP contribution in [0.1, 0.15) is 5.69 Å². The van der Waals surface area contributed by atoms with E-state index in [0.29, 0.717) is 11.5 Å². The van der Waals surface area contributed by atoms with E-state index in [1.54, 1.807) is 17.5 Å². The quantitative estimate of drug-likeness (QED) is 0.754. The van der Waals surface area contributed by atoms with Crippen molar-refractivity contribution in [1.82, 2.24) is 9.38 Å². The van der Waals surface area contributed by atoms with Crippen LogP contribution in [0.25, 0.3) is 5.65 Å². The minimum Gasteiger partial charge on any atom is -0.383 e. The zero-order chi connectivity index (χ0) is 9.59. The Morgan fingerprint density at radius 3 is 3.00 bits per heavy atom. The first-order valence-electron chi connectivity index (χ1n) is 3.69. The molecule has 0 amide bonds. The molecule has 0 spiro atoms. The van der Waals surface area contributed by atoms with Crippen LogP contribution in [-0.2, 0) is 0 Å². The van der Waals surface area contributed by atoms with Crippen molar-refractivity contribution in [2.75, 3.05) is 5.73 Å². The van der Waals surface area contributed by atoms with Crippen LogP contribution in [0.5, 0.6) is 0 Å². The third-order valence-electron chi connectivity index (χ3n) is 1.86. The Kier molecular flexibility index (Phi) is 1.90. The number of halogens is 2. The van der Waals surface area contributed by atoms with Crippen molar-refractivity contribution in [2.45, 2.75) is 6.92 Å². The van der Waals surface area contributed by atoms with Gasteiger partial charge in [-0.3, -0.25) is 4.40 Å². The van der Waals surface area contributed by atoms with Crippen LogP contribution >= 0.6 is 22.6 Å². The van der Waals surface area contributed by atoms with Gasteiger partial charge in [-0.05, 0) is 35.6 Å². The number of nitrogens with zero attached hydrogens (tertiary/aromatic N) is 2. The maximum Gasteiger partial charge on any atom is 0.175 e. The molecular formula is C8H7FIN3. The Hall–Kier alpha value is -0.850. The molecule has 0 aliphatic rings. The largest absolute Gasteiger partial charge is 0.383 e. The molecule has 0 radical (unpaired) electrons. The van der Waals surface area contributed by atoms with Gasteiger partial charge in [0, 0.05) is 9.77 Å². The van der Waals surface area contributed by atoms with E-state index in [2.05, 4.69) is 4.98 Å². The first-order valence-corrected chi connectivity index (χ1v) is 4.76. The van der Waals surface area contributed by atoms with Crippen LogP contribution in [0.4, 0.5) is 10.2 Å². The highest BCUT2D eigenvalue weighted by atomic mass is 127. The maximum absolute atomic E-state index is 13.3. The molecule has 0 fully saturated rings. The van der Waals surface area contributed by atoms with E-state index >= 15 is 0 Å². The summed E-state index contributed by atoms with van der Waals surface area (Å²) in [7, 11) is 0. The average Bonchev–Trinajstić information content (AvgIpc) is 2.32. The lowest BCUT2D eigenvalue weighted by Gasteiger charge is -1.98. The van der Waals surface area contributed by atoms with E-state index in [1.807, 2.05) is 22.6 Å². The van der Waals surface area contributed by atoms with E-state index in [4.69, 9.17) is 5.73 Å². The van der Waals surface area contributed by atoms with E-state index in [-0.39, 0.29) is 11.5 Å². The minimum absolute atomic E-state index is 0.287. The third-order valence-corrected chi connectivity index (χ3v) is 2.45. The van der Waals surface area contributed by atoms with Crippen LogP contribution in [0.15, 0.2) is 12.3 Å². The van der Waals surface area contributed by atoms with Gasteiger partial charge in [0.2, 0.25) is 0 Å². The molecule has 0 unspecified atom stereocenters. The van der Waals surface area contributed by atoms with Gasteiger partial charge in [0.05, 0.1) is 5.69 Å². The van der Waals surface area contributed by atoms with Gasteiger partial charge >= 0.3 is 0 Å². The number of anilines is 1. The van der Waals surface area contributed by atoms with Gasteiger partial charge in [0.1, 0.15) is 5.82 Å². The Balaban J connectivity index is 2.94. The molecule has 2 aromatic heterocycles. The number of rotatable bonds is 0. The standard InChI is InChI=1S/C8H7FIN3/c1-4-7(11)13-3-5(10)2-6(9)8(13)12-4/h2-3H,11H2,1H3. The molecule has 3 nitrogen and oxygen atoms in total. The summed E-state index contributed by atoms with van der Waals surface area (Å²) in [4.78, 5) is 4.01. The van der Waals surface area contributed by atoms with Gasteiger partial charge in [0.25, 0.3) is 0 Å². The SMILES string of the molecule is Cc1nc2c(F)cc(I)cn2c1N. The van der Waals surface area contributed by atoms with Crippen molar-refractivity contribution in [2.24, 2.45) is 0 Å². The van der Waals surface area contributed by atoms with Crippen molar-refractivity contribution < 1.29 is 4.39 Å². The first-order chi connectivity index (χ1) is 6.09. The van der Waals surface area contributed by atoms with E-state index in [0.717, 1.165) is 3.57 Å². The minimum atomic E-state index is -0.341. The van der Waals surface area contributed by atoms with Gasteiger partial charge in [-0.1, -0.05) is 0 Å². The summed E-state index contributed by atoms with van der Waals surface area (Å²) in [5.74, 6) is 0.152. The number of hydrogen-bond donors (Lipinski definition) is 1. The van der Waals surface area contributed by atoms with Gasteiger partial charge in [-0.2, -0.15) is 0 Å². The van der Waals surface area contributed by atoms with E-state index in [9.17, 15) is 4.39 Å². The van der Waals surface area contributed by atoms with Gasteiger partial charge in [-0.15, -0.1) is 0 Å². The van der Waals surface area contributed by atoms with Crippen LogP contribution in [0.2, 0.25) is 0 Å². The summed E-state index contributed by atoms with van der Waals surface area (Å²) in [5, 5.41) is 0. The Morgan fingerprint density at radius 1 is 1.62 bits per heavy atom. The number of aromatic nitrogens is 2. The average molecular weight is 291 g/mol. The Labute approximate surface area is 87.9 Å². The molecule has 0 bridgehead atoms. The maximum atomic E-state index is 13.3. The molecule has 0 aromatic carbocycles. The molecular weight excluding hydrogens is 284 g/mol. The molecule has 2 rings (SSSR count). The number of nitrogens with two attached hydrogens (primary N) is 1. The second-order valence-electron chi connectivity index (χ2n) is 2.78. The van der Waals surface area contributed by atoms with Crippen LogP contribution in [-0.4, -0.2) is 9.38 Å². The molecule has 0 saturated heterocycles. The second-order valence-corrected chi connectivity index (χ2v) is 4.03. The summed E-state index contributed by atoms with van der Waals surface area (Å²) in [5.41, 5.74) is 6.65. The Bertz CT molecular complexity index is 478. The molecule has 13 heavy (non-hydrogen) atoms. The van der Waals surface area contributed by atoms with Gasteiger partial charge in [0.15, 0.2) is 11.5 Å². The van der Waals surface area contributed by atoms with Gasteiger partial charge in [-0.25, -0.2) is 9.37 Å². The highest BCUT2D eigenvalue weighted by Gasteiger charge is 2.09. The number of fused-ring (bicyclic) bond motifs is 1. The molecule has 0 aliphatic carbocycles. The number of pyridine rings is 1. The summed E-state index contributed by atoms with van der Waals surface area (Å²) in [6.45, 7) is 1.76. The van der Waals surface area contributed by atoms with Crippen LogP contribution in [0.3, 0.4) is 0 Å². The fourth-order valence-electron chi connectivity index (χ4n) is 1.20. The molecule has 2 aromatic rings. The molecule has 68 valence electrons. The first kappa shape index (κ1) is 8.74. The monoisotopic (exact) mass is 291 g/mol. The zero-order valence-corrected chi connectivity index (χ0v) is 9.04. The summed E-state index contributed by atoms with van der Waals surface area (Å²) in [6, 6.07) is 1.43. The van der Waals surface area contributed by atoms with Gasteiger partial charge < -0.3 is 5.73 Å². The molecule has 0 aliphatic heterocycles. The highest BCUT2D eigenvalue weighted by Crippen LogP contribution is 2.18. The lowest BCUT2D eigenvalue weighted by Crippen LogP contribution is -1.96. The lowest BCUT2D eigenvalue weighted by atomic mass is 10.4. The van der Waals surface area contributed by atoms with Crippen molar-refractivity contribution >= 4 is 34.1 Å². The fourth-order valence-corrected chi connectivity index (χ4v) is 1.76. The van der Waals surface area contributed by atoms with Crippen LogP contribution in [0, 0.1) is 16.3 Å². The molecule has 0 saturated carbocycles. The molecule has 5 heteroatoms. The zero-order valence-electron chi connectivity index (χ0n) is 6.88. The van der Waals surface area contributed by atoms with Crippen molar-refractivity contribution in [1.29, 1.82) is 0 Å². The third kappa shape index (κ3) is 1.27. The predicted octanol–water partition coefficient (Wildman–Crippen LogP) is 1.97. The second kappa shape index (κ2) is 2.83. The fraction of sp³-hybridized carbons (Fsp3) is 0.125. The summed E-state index contributed by atoms with van der Waals surface area (Å²) in [6.07, 6.45) is 1.76. The molecule has 0 atom stereocenters. The highest BCUT2D eigenvalue weighted by molar-refractivity contribution is 14.1. The summed E-state index contributed by atoms with van der Waals surface area (Å²) < 4.78 is 15.7. The Morgan fingerprint density at radius 2 is 2.31 bits per heavy atom. The summed E-state index contributed by atoms with van der Waals surface area (Å²) >= 11 is 2.04. The van der Waals surface area contributed by atoms with Crippen LogP contribution < -0.4 is 5.73 Å². The smallest absolute Gasteiger partial charge is 0.175 e. The van der Waals surface area contributed by atoms with E-state index in [1.165, 1.54) is 6.07 Å². The number of hydrogen-bond acceptors (Lipinski definition) is 2.